The molecule has 0 radical (unpaired) electrons. The number of pyridine rings is 1. The fourth-order valence-corrected chi connectivity index (χ4v) is 5.60. The van der Waals surface area contributed by atoms with Crippen LogP contribution in [0.25, 0.3) is 10.9 Å². The van der Waals surface area contributed by atoms with E-state index in [1.807, 2.05) is 49.4 Å². The van der Waals surface area contributed by atoms with Gasteiger partial charge >= 0.3 is 6.03 Å². The molecule has 0 unspecified atom stereocenters. The number of carbonyl (C=O) groups is 1. The van der Waals surface area contributed by atoms with Gasteiger partial charge in [-0.2, -0.15) is 0 Å². The van der Waals surface area contributed by atoms with Crippen LogP contribution in [0.5, 0.6) is 11.5 Å². The predicted molar refractivity (Wildman–Crippen MR) is 156 cm³/mol. The smallest absolute Gasteiger partial charge is 0.319 e. The van der Waals surface area contributed by atoms with Crippen molar-refractivity contribution in [3.63, 3.8) is 0 Å². The Morgan fingerprint density at radius 1 is 1.05 bits per heavy atom. The predicted octanol–water partition coefficient (Wildman–Crippen LogP) is 6.19. The molecule has 1 aliphatic rings. The van der Waals surface area contributed by atoms with E-state index in [0.29, 0.717) is 48.7 Å². The molecule has 9 heteroatoms. The fraction of sp³-hybridized carbons (Fsp3) is 0.312. The lowest BCUT2D eigenvalue weighted by Gasteiger charge is -2.38. The zero-order chi connectivity index (χ0) is 28.9. The summed E-state index contributed by atoms with van der Waals surface area (Å²) in [5, 5.41) is 6.80. The number of benzene rings is 3. The molecule has 5 rings (SSSR count). The molecule has 0 spiro atoms. The van der Waals surface area contributed by atoms with Crippen LogP contribution in [-0.2, 0) is 12.8 Å². The number of rotatable bonds is 9. The lowest BCUT2D eigenvalue weighted by Crippen LogP contribution is -2.42. The molecule has 2 amide bonds. The first-order valence-electron chi connectivity index (χ1n) is 13.7. The number of urea groups is 1. The molecule has 2 N–H and O–H groups in total. The number of anilines is 1. The normalized spacial score (nSPS) is 14.9. The summed E-state index contributed by atoms with van der Waals surface area (Å²) in [6.45, 7) is 3.62. The zero-order valence-electron chi connectivity index (χ0n) is 23.5. The Bertz CT molecular complexity index is 1560. The average Bonchev–Trinajstić information content (AvgIpc) is 2.97. The van der Waals surface area contributed by atoms with E-state index in [1.54, 1.807) is 14.2 Å². The van der Waals surface area contributed by atoms with Gasteiger partial charge in [0.15, 0.2) is 11.5 Å². The fourth-order valence-electron chi connectivity index (χ4n) is 5.60. The van der Waals surface area contributed by atoms with Gasteiger partial charge < -0.3 is 20.1 Å². The first-order chi connectivity index (χ1) is 19.9. The third kappa shape index (κ3) is 6.41. The molecule has 1 aromatic heterocycles. The SMILES string of the molecule is COc1cc2c(cc1OC)[C@@H](CCc1cc(F)ccc1F)N(CCNC(=O)Nc1cc(C)nc3ccccc13)CC2. The van der Waals surface area contributed by atoms with Crippen LogP contribution >= 0.6 is 0 Å². The van der Waals surface area contributed by atoms with Gasteiger partial charge in [-0.15, -0.1) is 0 Å². The molecule has 41 heavy (non-hydrogen) atoms. The van der Waals surface area contributed by atoms with Gasteiger partial charge in [0.2, 0.25) is 0 Å². The number of nitrogens with one attached hydrogen (secondary N) is 2. The third-order valence-electron chi connectivity index (χ3n) is 7.59. The van der Waals surface area contributed by atoms with E-state index >= 15 is 0 Å². The Labute approximate surface area is 238 Å². The maximum Gasteiger partial charge on any atom is 0.319 e. The van der Waals surface area contributed by atoms with Crippen molar-refractivity contribution in [3.8, 4) is 11.5 Å². The molecular formula is C32H34F2N4O3. The number of ether oxygens (including phenoxy) is 2. The molecule has 4 aromatic rings. The van der Waals surface area contributed by atoms with Gasteiger partial charge in [-0.3, -0.25) is 9.88 Å². The van der Waals surface area contributed by atoms with E-state index in [4.69, 9.17) is 9.47 Å². The van der Waals surface area contributed by atoms with Crippen molar-refractivity contribution < 1.29 is 23.0 Å². The molecule has 3 aromatic carbocycles. The van der Waals surface area contributed by atoms with Crippen molar-refractivity contribution in [3.05, 3.63) is 94.7 Å². The number of aromatic nitrogens is 1. The minimum absolute atomic E-state index is 0.0853. The maximum atomic E-state index is 14.5. The number of fused-ring (bicyclic) bond motifs is 2. The molecule has 7 nitrogen and oxygen atoms in total. The Kier molecular flexibility index (Phi) is 8.64. The summed E-state index contributed by atoms with van der Waals surface area (Å²) in [6, 6.07) is 16.7. The molecule has 214 valence electrons. The van der Waals surface area contributed by atoms with E-state index in [9.17, 15) is 13.6 Å². The molecule has 0 saturated heterocycles. The molecule has 0 bridgehead atoms. The van der Waals surface area contributed by atoms with E-state index in [1.165, 1.54) is 12.1 Å². The van der Waals surface area contributed by atoms with Crippen LogP contribution in [0, 0.1) is 18.6 Å². The number of aryl methyl sites for hydroxylation is 2. The first kappa shape index (κ1) is 28.3. The molecule has 2 heterocycles. The number of methoxy groups -OCH3 is 2. The molecule has 0 aliphatic carbocycles. The molecule has 0 saturated carbocycles. The largest absolute Gasteiger partial charge is 0.493 e. The highest BCUT2D eigenvalue weighted by atomic mass is 19.1. The highest BCUT2D eigenvalue weighted by Crippen LogP contribution is 2.40. The van der Waals surface area contributed by atoms with Gasteiger partial charge in [0.1, 0.15) is 11.6 Å². The summed E-state index contributed by atoms with van der Waals surface area (Å²) < 4.78 is 39.4. The molecule has 0 fully saturated rings. The van der Waals surface area contributed by atoms with Crippen molar-refractivity contribution in [2.45, 2.75) is 32.2 Å². The van der Waals surface area contributed by atoms with Crippen LogP contribution in [0.1, 0.15) is 34.8 Å². The Morgan fingerprint density at radius 2 is 1.83 bits per heavy atom. The van der Waals surface area contributed by atoms with Crippen LogP contribution in [0.15, 0.2) is 60.7 Å². The number of hydrogen-bond donors (Lipinski definition) is 2. The Morgan fingerprint density at radius 3 is 2.63 bits per heavy atom. The number of carbonyl (C=O) groups excluding carboxylic acids is 1. The lowest BCUT2D eigenvalue weighted by molar-refractivity contribution is 0.175. The lowest BCUT2D eigenvalue weighted by atomic mass is 9.88. The number of amides is 2. The molecule has 1 aliphatic heterocycles. The van der Waals surface area contributed by atoms with Crippen molar-refractivity contribution in [1.82, 2.24) is 15.2 Å². The summed E-state index contributed by atoms with van der Waals surface area (Å²) >= 11 is 0. The first-order valence-corrected chi connectivity index (χ1v) is 13.7. The van der Waals surface area contributed by atoms with E-state index in [2.05, 4.69) is 20.5 Å². The number of para-hydroxylation sites is 1. The van der Waals surface area contributed by atoms with Crippen molar-refractivity contribution in [2.24, 2.45) is 0 Å². The minimum Gasteiger partial charge on any atom is -0.493 e. The monoisotopic (exact) mass is 560 g/mol. The topological polar surface area (TPSA) is 75.7 Å². The van der Waals surface area contributed by atoms with Gasteiger partial charge in [-0.25, -0.2) is 13.6 Å². The second-order valence-electron chi connectivity index (χ2n) is 10.2. The summed E-state index contributed by atoms with van der Waals surface area (Å²) in [5.74, 6) is 0.402. The Balaban J connectivity index is 1.31. The van der Waals surface area contributed by atoms with Crippen LogP contribution < -0.4 is 20.1 Å². The highest BCUT2D eigenvalue weighted by molar-refractivity contribution is 6.00. The van der Waals surface area contributed by atoms with Gasteiger partial charge in [0.25, 0.3) is 0 Å². The van der Waals surface area contributed by atoms with Gasteiger partial charge in [-0.1, -0.05) is 18.2 Å². The van der Waals surface area contributed by atoms with Crippen LogP contribution in [-0.4, -0.2) is 49.8 Å². The summed E-state index contributed by atoms with van der Waals surface area (Å²) in [4.78, 5) is 19.7. The number of hydrogen-bond acceptors (Lipinski definition) is 5. The van der Waals surface area contributed by atoms with E-state index < -0.39 is 11.6 Å². The summed E-state index contributed by atoms with van der Waals surface area (Å²) in [5.41, 5.74) is 4.88. The second kappa shape index (κ2) is 12.5. The maximum absolute atomic E-state index is 14.5. The van der Waals surface area contributed by atoms with Crippen molar-refractivity contribution in [2.75, 3.05) is 39.2 Å². The Hall–Kier alpha value is -4.24. The van der Waals surface area contributed by atoms with Gasteiger partial charge in [-0.05, 0) is 85.3 Å². The van der Waals surface area contributed by atoms with Crippen LogP contribution in [0.2, 0.25) is 0 Å². The van der Waals surface area contributed by atoms with E-state index in [-0.39, 0.29) is 12.1 Å². The third-order valence-corrected chi connectivity index (χ3v) is 7.59. The van der Waals surface area contributed by atoms with Gasteiger partial charge in [0.05, 0.1) is 25.4 Å². The average molecular weight is 561 g/mol. The highest BCUT2D eigenvalue weighted by Gasteiger charge is 2.29. The van der Waals surface area contributed by atoms with Crippen LogP contribution in [0.4, 0.5) is 19.3 Å². The minimum atomic E-state index is -0.457. The zero-order valence-corrected chi connectivity index (χ0v) is 23.5. The number of halogens is 2. The quantitative estimate of drug-likeness (QED) is 0.255. The summed E-state index contributed by atoms with van der Waals surface area (Å²) in [6.07, 6.45) is 1.72. The molecule has 1 atom stereocenters. The van der Waals surface area contributed by atoms with Crippen molar-refractivity contribution >= 4 is 22.6 Å². The second-order valence-corrected chi connectivity index (χ2v) is 10.2. The molecular weight excluding hydrogens is 526 g/mol. The van der Waals surface area contributed by atoms with Crippen LogP contribution in [0.3, 0.4) is 0 Å². The van der Waals surface area contributed by atoms with Gasteiger partial charge in [0, 0.05) is 36.8 Å². The summed E-state index contributed by atoms with van der Waals surface area (Å²) in [7, 11) is 3.20. The van der Waals surface area contributed by atoms with Crippen molar-refractivity contribution in [1.29, 1.82) is 0 Å². The number of nitrogens with zero attached hydrogens (tertiary/aromatic N) is 2. The standard InChI is InChI=1S/C32H34F2N4O3/c1-20-16-28(24-6-4-5-7-27(24)36-20)37-32(39)35-13-15-38-14-12-21-18-30(40-2)31(41-3)19-25(21)29(38)11-8-22-17-23(33)9-10-26(22)34/h4-7,9-10,16-19,29H,8,11-15H2,1-3H3,(H2,35,36,37,39)/t29-/m1/s1. The van der Waals surface area contributed by atoms with E-state index in [0.717, 1.165) is 46.8 Å².